The molecular formula is C17H24N2. The van der Waals surface area contributed by atoms with Gasteiger partial charge < -0.3 is 9.88 Å². The number of rotatable bonds is 6. The summed E-state index contributed by atoms with van der Waals surface area (Å²) in [5, 5.41) is 3.69. The molecule has 2 nitrogen and oxygen atoms in total. The van der Waals surface area contributed by atoms with Crippen molar-refractivity contribution in [3.05, 3.63) is 59.9 Å². The highest BCUT2D eigenvalue weighted by Crippen LogP contribution is 2.21. The standard InChI is InChI=1S/C17H24N2/c1-14(2)12-17(15-8-5-4-6-9-15)18-13-16-10-7-11-19(16)3/h4-11,14,17-18H,12-13H2,1-3H3. The maximum Gasteiger partial charge on any atom is 0.0364 e. The third-order valence-corrected chi connectivity index (χ3v) is 3.49. The summed E-state index contributed by atoms with van der Waals surface area (Å²) in [6.07, 6.45) is 3.26. The first-order valence-corrected chi connectivity index (χ1v) is 7.05. The molecule has 1 N–H and O–H groups in total. The fraction of sp³-hybridized carbons (Fsp3) is 0.412. The van der Waals surface area contributed by atoms with Crippen LogP contribution in [0, 0.1) is 5.92 Å². The quantitative estimate of drug-likeness (QED) is 0.829. The van der Waals surface area contributed by atoms with Crippen LogP contribution in [-0.4, -0.2) is 4.57 Å². The van der Waals surface area contributed by atoms with E-state index in [0.29, 0.717) is 12.0 Å². The van der Waals surface area contributed by atoms with Crippen molar-refractivity contribution < 1.29 is 0 Å². The lowest BCUT2D eigenvalue weighted by atomic mass is 9.97. The summed E-state index contributed by atoms with van der Waals surface area (Å²) in [5.74, 6) is 0.686. The van der Waals surface area contributed by atoms with Gasteiger partial charge in [0, 0.05) is 31.5 Å². The lowest BCUT2D eigenvalue weighted by Crippen LogP contribution is -2.23. The Morgan fingerprint density at radius 2 is 1.79 bits per heavy atom. The summed E-state index contributed by atoms with van der Waals surface area (Å²) in [4.78, 5) is 0. The third-order valence-electron chi connectivity index (χ3n) is 3.49. The Morgan fingerprint density at radius 1 is 1.05 bits per heavy atom. The van der Waals surface area contributed by atoms with Crippen LogP contribution in [0.25, 0.3) is 0 Å². The van der Waals surface area contributed by atoms with Gasteiger partial charge in [0.05, 0.1) is 0 Å². The molecule has 1 heterocycles. The summed E-state index contributed by atoms with van der Waals surface area (Å²) in [7, 11) is 2.09. The van der Waals surface area contributed by atoms with E-state index >= 15 is 0 Å². The van der Waals surface area contributed by atoms with Gasteiger partial charge in [-0.2, -0.15) is 0 Å². The van der Waals surface area contributed by atoms with E-state index in [-0.39, 0.29) is 0 Å². The zero-order valence-corrected chi connectivity index (χ0v) is 12.1. The molecule has 19 heavy (non-hydrogen) atoms. The van der Waals surface area contributed by atoms with Gasteiger partial charge in [0.25, 0.3) is 0 Å². The molecule has 0 saturated heterocycles. The molecule has 0 bridgehead atoms. The number of aromatic nitrogens is 1. The molecule has 0 amide bonds. The van der Waals surface area contributed by atoms with Crippen molar-refractivity contribution in [2.75, 3.05) is 0 Å². The molecule has 2 heteroatoms. The third kappa shape index (κ3) is 3.97. The van der Waals surface area contributed by atoms with Crippen LogP contribution in [0.3, 0.4) is 0 Å². The summed E-state index contributed by atoms with van der Waals surface area (Å²) >= 11 is 0. The van der Waals surface area contributed by atoms with Gasteiger partial charge in [-0.3, -0.25) is 0 Å². The Morgan fingerprint density at radius 3 is 2.37 bits per heavy atom. The van der Waals surface area contributed by atoms with Crippen LogP contribution in [0.5, 0.6) is 0 Å². The minimum Gasteiger partial charge on any atom is -0.353 e. The number of hydrogen-bond donors (Lipinski definition) is 1. The van der Waals surface area contributed by atoms with Crippen molar-refractivity contribution in [1.82, 2.24) is 9.88 Å². The fourth-order valence-electron chi connectivity index (χ4n) is 2.40. The van der Waals surface area contributed by atoms with Crippen LogP contribution in [0.4, 0.5) is 0 Å². The number of nitrogens with one attached hydrogen (secondary N) is 1. The first-order valence-electron chi connectivity index (χ1n) is 7.05. The molecule has 0 aliphatic carbocycles. The normalized spacial score (nSPS) is 12.8. The van der Waals surface area contributed by atoms with Crippen molar-refractivity contribution in [3.8, 4) is 0 Å². The number of aryl methyl sites for hydroxylation is 1. The molecule has 0 radical (unpaired) electrons. The van der Waals surface area contributed by atoms with Gasteiger partial charge >= 0.3 is 0 Å². The van der Waals surface area contributed by atoms with E-state index in [0.717, 1.165) is 13.0 Å². The van der Waals surface area contributed by atoms with E-state index in [2.05, 4.69) is 79.4 Å². The first kappa shape index (κ1) is 13.9. The maximum absolute atomic E-state index is 3.69. The Labute approximate surface area is 116 Å². The van der Waals surface area contributed by atoms with Crippen molar-refractivity contribution >= 4 is 0 Å². The summed E-state index contributed by atoms with van der Waals surface area (Å²) in [6.45, 7) is 5.47. The highest BCUT2D eigenvalue weighted by atomic mass is 15.0. The molecule has 0 fully saturated rings. The maximum atomic E-state index is 3.69. The fourth-order valence-corrected chi connectivity index (χ4v) is 2.40. The molecule has 102 valence electrons. The molecule has 1 unspecified atom stereocenters. The largest absolute Gasteiger partial charge is 0.353 e. The Balaban J connectivity index is 2.04. The van der Waals surface area contributed by atoms with Gasteiger partial charge in [-0.1, -0.05) is 44.2 Å². The molecule has 0 saturated carbocycles. The van der Waals surface area contributed by atoms with Gasteiger partial charge in [-0.05, 0) is 30.0 Å². The molecule has 1 atom stereocenters. The van der Waals surface area contributed by atoms with Crippen LogP contribution in [0.2, 0.25) is 0 Å². The van der Waals surface area contributed by atoms with E-state index in [1.165, 1.54) is 11.3 Å². The number of nitrogens with zero attached hydrogens (tertiary/aromatic N) is 1. The van der Waals surface area contributed by atoms with Crippen molar-refractivity contribution in [1.29, 1.82) is 0 Å². The molecule has 2 rings (SSSR count). The first-order chi connectivity index (χ1) is 9.16. The second kappa shape index (κ2) is 6.58. The van der Waals surface area contributed by atoms with Gasteiger partial charge in [-0.25, -0.2) is 0 Å². The number of benzene rings is 1. The van der Waals surface area contributed by atoms with Crippen LogP contribution in [0.1, 0.15) is 37.6 Å². The van der Waals surface area contributed by atoms with Gasteiger partial charge in [-0.15, -0.1) is 0 Å². The second-order valence-electron chi connectivity index (χ2n) is 5.58. The molecule has 0 aliphatic rings. The SMILES string of the molecule is CC(C)CC(NCc1cccn1C)c1ccccc1. The van der Waals surface area contributed by atoms with Crippen molar-refractivity contribution in [3.63, 3.8) is 0 Å². The molecular weight excluding hydrogens is 232 g/mol. The van der Waals surface area contributed by atoms with E-state index in [9.17, 15) is 0 Å². The van der Waals surface area contributed by atoms with Gasteiger partial charge in [0.2, 0.25) is 0 Å². The summed E-state index contributed by atoms with van der Waals surface area (Å²) in [6, 6.07) is 15.4. The number of hydrogen-bond acceptors (Lipinski definition) is 1. The van der Waals surface area contributed by atoms with E-state index < -0.39 is 0 Å². The highest BCUT2D eigenvalue weighted by Gasteiger charge is 2.12. The monoisotopic (exact) mass is 256 g/mol. The van der Waals surface area contributed by atoms with Gasteiger partial charge in [0.1, 0.15) is 0 Å². The minimum atomic E-state index is 0.427. The average molecular weight is 256 g/mol. The summed E-state index contributed by atoms with van der Waals surface area (Å²) < 4.78 is 2.17. The van der Waals surface area contributed by atoms with Gasteiger partial charge in [0.15, 0.2) is 0 Å². The van der Waals surface area contributed by atoms with E-state index in [1.807, 2.05) is 0 Å². The lowest BCUT2D eigenvalue weighted by molar-refractivity contribution is 0.424. The smallest absolute Gasteiger partial charge is 0.0364 e. The average Bonchev–Trinajstić information content (AvgIpc) is 2.81. The Kier molecular flexibility index (Phi) is 4.80. The zero-order valence-electron chi connectivity index (χ0n) is 12.1. The van der Waals surface area contributed by atoms with Crippen LogP contribution in [0.15, 0.2) is 48.7 Å². The van der Waals surface area contributed by atoms with Crippen molar-refractivity contribution in [2.45, 2.75) is 32.9 Å². The lowest BCUT2D eigenvalue weighted by Gasteiger charge is -2.21. The van der Waals surface area contributed by atoms with Crippen molar-refractivity contribution in [2.24, 2.45) is 13.0 Å². The predicted octanol–water partition coefficient (Wildman–Crippen LogP) is 3.90. The van der Waals surface area contributed by atoms with Crippen LogP contribution in [-0.2, 0) is 13.6 Å². The van der Waals surface area contributed by atoms with Crippen LogP contribution < -0.4 is 5.32 Å². The predicted molar refractivity (Wildman–Crippen MR) is 80.9 cm³/mol. The molecule has 1 aromatic carbocycles. The zero-order chi connectivity index (χ0) is 13.7. The van der Waals surface area contributed by atoms with E-state index in [1.54, 1.807) is 0 Å². The second-order valence-corrected chi connectivity index (χ2v) is 5.58. The summed E-state index contributed by atoms with van der Waals surface area (Å²) in [5.41, 5.74) is 2.70. The Hall–Kier alpha value is -1.54. The molecule has 1 aromatic heterocycles. The molecule has 0 aliphatic heterocycles. The van der Waals surface area contributed by atoms with Crippen LogP contribution >= 0.6 is 0 Å². The minimum absolute atomic E-state index is 0.427. The topological polar surface area (TPSA) is 17.0 Å². The Bertz CT molecular complexity index is 485. The molecule has 0 spiro atoms. The van der Waals surface area contributed by atoms with E-state index in [4.69, 9.17) is 0 Å². The highest BCUT2D eigenvalue weighted by molar-refractivity contribution is 5.19. The molecule has 2 aromatic rings.